The van der Waals surface area contributed by atoms with Crippen LogP contribution in [0.15, 0.2) is 36.4 Å². The van der Waals surface area contributed by atoms with Crippen LogP contribution in [0.2, 0.25) is 0 Å². The molecule has 0 saturated carbocycles. The summed E-state index contributed by atoms with van der Waals surface area (Å²) >= 11 is 0. The number of hydrogen-bond acceptors (Lipinski definition) is 4. The molecule has 0 radical (unpaired) electrons. The van der Waals surface area contributed by atoms with Crippen LogP contribution in [0.4, 0.5) is 0 Å². The first-order valence-corrected chi connectivity index (χ1v) is 8.74. The number of carbonyl (C=O) groups is 2. The van der Waals surface area contributed by atoms with E-state index in [9.17, 15) is 19.8 Å². The molecule has 0 aliphatic heterocycles. The number of benzene rings is 2. The Morgan fingerprint density at radius 3 is 1.46 bits per heavy atom. The minimum absolute atomic E-state index is 0.0272. The highest BCUT2D eigenvalue weighted by atomic mass is 16.3. The highest BCUT2D eigenvalue weighted by Crippen LogP contribution is 2.36. The predicted octanol–water partition coefficient (Wildman–Crippen LogP) is -1.73. The lowest BCUT2D eigenvalue weighted by atomic mass is 9.95. The monoisotopic (exact) mass is 386 g/mol. The van der Waals surface area contributed by atoms with Gasteiger partial charge in [-0.05, 0) is 35.4 Å². The number of phenols is 2. The number of primary amides is 2. The van der Waals surface area contributed by atoms with Crippen LogP contribution in [0.5, 0.6) is 11.5 Å². The average Bonchev–Trinajstić information content (AvgIpc) is 2.66. The summed E-state index contributed by atoms with van der Waals surface area (Å²) in [6, 6.07) is 8.64. The van der Waals surface area contributed by atoms with E-state index < -0.39 is 23.9 Å². The maximum Gasteiger partial charge on any atom is 0.273 e. The van der Waals surface area contributed by atoms with Gasteiger partial charge in [-0.3, -0.25) is 9.59 Å². The van der Waals surface area contributed by atoms with Crippen LogP contribution in [-0.4, -0.2) is 34.1 Å². The van der Waals surface area contributed by atoms with E-state index in [0.717, 1.165) is 11.1 Å². The summed E-state index contributed by atoms with van der Waals surface area (Å²) in [5, 5.41) is 23.6. The van der Waals surface area contributed by atoms with Crippen molar-refractivity contribution in [3.63, 3.8) is 0 Å². The van der Waals surface area contributed by atoms with Crippen molar-refractivity contribution in [2.75, 3.05) is 0 Å². The molecule has 8 heteroatoms. The average molecular weight is 386 g/mol. The van der Waals surface area contributed by atoms with Crippen molar-refractivity contribution in [3.8, 4) is 22.6 Å². The highest BCUT2D eigenvalue weighted by molar-refractivity contribution is 5.80. The van der Waals surface area contributed by atoms with Crippen molar-refractivity contribution in [3.05, 3.63) is 61.6 Å². The number of phenolic OH excluding ortho intramolecular Hbond substituents is 2. The van der Waals surface area contributed by atoms with Gasteiger partial charge in [0, 0.05) is 24.0 Å². The van der Waals surface area contributed by atoms with E-state index in [2.05, 4.69) is 14.1 Å². The minimum atomic E-state index is -0.541. The fraction of sp³-hybridized carbons (Fsp3) is 0.200. The summed E-state index contributed by atoms with van der Waals surface area (Å²) in [5.41, 5.74) is 13.0. The van der Waals surface area contributed by atoms with Crippen LogP contribution in [-0.2, 0) is 22.4 Å². The summed E-state index contributed by atoms with van der Waals surface area (Å²) in [6.45, 7) is 0. The van der Waals surface area contributed by atoms with Crippen molar-refractivity contribution in [2.45, 2.75) is 24.9 Å². The molecule has 2 rings (SSSR count). The molecule has 8 nitrogen and oxygen atoms in total. The van der Waals surface area contributed by atoms with E-state index in [1.165, 1.54) is 22.8 Å². The highest BCUT2D eigenvalue weighted by Gasteiger charge is 2.19. The molecule has 28 heavy (non-hydrogen) atoms. The molecule has 2 amide bonds. The van der Waals surface area contributed by atoms with Gasteiger partial charge < -0.3 is 32.3 Å². The van der Waals surface area contributed by atoms with Crippen molar-refractivity contribution >= 4 is 11.8 Å². The largest absolute Gasteiger partial charge is 0.507 e. The summed E-state index contributed by atoms with van der Waals surface area (Å²) < 4.78 is 0. The smallest absolute Gasteiger partial charge is 0.273 e. The SMILES string of the molecule is [CH2-][NH2+][C@@H](Cc1ccc(O)c(-c2cc(C[C@H]([NH2+][CH2-])C(N)=O)ccc2O)c1)C(N)=O. The number of nitrogens with two attached hydrogens (primary N) is 4. The molecule has 0 saturated heterocycles. The fourth-order valence-corrected chi connectivity index (χ4v) is 2.96. The van der Waals surface area contributed by atoms with Gasteiger partial charge in [-0.2, -0.15) is 14.1 Å². The van der Waals surface area contributed by atoms with Crippen molar-refractivity contribution in [2.24, 2.45) is 11.5 Å². The third-order valence-electron chi connectivity index (χ3n) is 4.62. The third kappa shape index (κ3) is 4.99. The van der Waals surface area contributed by atoms with Gasteiger partial charge in [0.25, 0.3) is 11.8 Å². The van der Waals surface area contributed by atoms with Gasteiger partial charge in [-0.25, -0.2) is 0 Å². The van der Waals surface area contributed by atoms with Gasteiger partial charge in [-0.1, -0.05) is 12.1 Å². The summed E-state index contributed by atoms with van der Waals surface area (Å²) in [4.78, 5) is 22.9. The van der Waals surface area contributed by atoms with Gasteiger partial charge in [0.2, 0.25) is 0 Å². The van der Waals surface area contributed by atoms with Crippen LogP contribution >= 0.6 is 0 Å². The summed E-state index contributed by atoms with van der Waals surface area (Å²) in [7, 11) is 7.23. The van der Waals surface area contributed by atoms with Crippen LogP contribution in [0.25, 0.3) is 11.1 Å². The van der Waals surface area contributed by atoms with Crippen LogP contribution < -0.4 is 22.1 Å². The second-order valence-corrected chi connectivity index (χ2v) is 6.60. The number of quaternary nitrogens is 2. The fourth-order valence-electron chi connectivity index (χ4n) is 2.96. The van der Waals surface area contributed by atoms with E-state index in [4.69, 9.17) is 11.5 Å². The second kappa shape index (κ2) is 9.20. The van der Waals surface area contributed by atoms with E-state index in [1.807, 2.05) is 0 Å². The zero-order valence-electron chi connectivity index (χ0n) is 15.5. The Morgan fingerprint density at radius 1 is 0.821 bits per heavy atom. The topological polar surface area (TPSA) is 160 Å². The molecule has 0 aliphatic carbocycles. The van der Waals surface area contributed by atoms with Gasteiger partial charge in [0.05, 0.1) is 0 Å². The maximum absolute atomic E-state index is 11.5. The molecular formula is C20H26N4O4. The number of carbonyl (C=O) groups excluding carboxylic acids is 2. The molecule has 10 N–H and O–H groups in total. The van der Waals surface area contributed by atoms with Crippen molar-refractivity contribution in [1.29, 1.82) is 0 Å². The number of rotatable bonds is 9. The maximum atomic E-state index is 11.5. The number of hydrogen-bond donors (Lipinski definition) is 6. The lowest BCUT2D eigenvalue weighted by Gasteiger charge is -2.16. The quantitative estimate of drug-likeness (QED) is 0.283. The number of amides is 2. The lowest BCUT2D eigenvalue weighted by Crippen LogP contribution is -2.87. The number of aromatic hydroxyl groups is 2. The molecule has 2 aromatic carbocycles. The molecule has 0 aliphatic rings. The zero-order chi connectivity index (χ0) is 20.8. The molecule has 0 heterocycles. The molecule has 0 unspecified atom stereocenters. The van der Waals surface area contributed by atoms with E-state index in [1.54, 1.807) is 24.3 Å². The molecule has 0 aromatic heterocycles. The van der Waals surface area contributed by atoms with Crippen LogP contribution in [0.3, 0.4) is 0 Å². The summed E-state index contributed by atoms with van der Waals surface area (Å²) in [6.07, 6.45) is 0.652. The van der Waals surface area contributed by atoms with Crippen LogP contribution in [0.1, 0.15) is 11.1 Å². The predicted molar refractivity (Wildman–Crippen MR) is 103 cm³/mol. The van der Waals surface area contributed by atoms with Gasteiger partial charge in [0.15, 0.2) is 0 Å². The third-order valence-corrected chi connectivity index (χ3v) is 4.62. The molecule has 0 bridgehead atoms. The van der Waals surface area contributed by atoms with E-state index in [0.29, 0.717) is 24.0 Å². The Hall–Kier alpha value is -3.10. The van der Waals surface area contributed by atoms with Gasteiger partial charge >= 0.3 is 0 Å². The molecular weight excluding hydrogens is 360 g/mol. The molecule has 2 aromatic rings. The lowest BCUT2D eigenvalue weighted by molar-refractivity contribution is -0.619. The molecule has 150 valence electrons. The normalized spacial score (nSPS) is 13.1. The minimum Gasteiger partial charge on any atom is -0.507 e. The Kier molecular flexibility index (Phi) is 6.97. The van der Waals surface area contributed by atoms with Crippen molar-refractivity contribution < 1.29 is 30.4 Å². The Bertz CT molecular complexity index is 798. The molecule has 0 fully saturated rings. The van der Waals surface area contributed by atoms with E-state index >= 15 is 0 Å². The Morgan fingerprint density at radius 2 is 1.18 bits per heavy atom. The molecule has 2 atom stereocenters. The second-order valence-electron chi connectivity index (χ2n) is 6.60. The van der Waals surface area contributed by atoms with Crippen molar-refractivity contribution in [1.82, 2.24) is 0 Å². The zero-order valence-corrected chi connectivity index (χ0v) is 15.5. The first-order chi connectivity index (χ1) is 13.3. The van der Waals surface area contributed by atoms with E-state index in [-0.39, 0.29) is 11.5 Å². The van der Waals surface area contributed by atoms with Gasteiger partial charge in [-0.15, -0.1) is 0 Å². The van der Waals surface area contributed by atoms with Gasteiger partial charge in [0.1, 0.15) is 23.6 Å². The summed E-state index contributed by atoms with van der Waals surface area (Å²) in [5.74, 6) is -1.03. The first kappa shape index (κ1) is 21.2. The standard InChI is InChI=1S/C20H26N4O4/c1-23-15(19(21)27)9-11-3-5-17(25)13(7-11)14-8-12(4-6-18(14)26)10-16(24-2)20(22)28/h3-8,15-16,25-26H,1-2,9-10,23-24H2,(H2,21,27)(H2,22,28)/t15-,16-/m0/s1. The van der Waals surface area contributed by atoms with Crippen LogP contribution in [0, 0.1) is 14.1 Å². The first-order valence-electron chi connectivity index (χ1n) is 8.74. The molecule has 0 spiro atoms. The Labute approximate surface area is 163 Å². The Balaban J connectivity index is 2.40.